The van der Waals surface area contributed by atoms with E-state index in [0.717, 1.165) is 16.3 Å². The lowest BCUT2D eigenvalue weighted by Gasteiger charge is -2.26. The van der Waals surface area contributed by atoms with Crippen LogP contribution in [0.1, 0.15) is 17.0 Å². The van der Waals surface area contributed by atoms with E-state index in [4.69, 9.17) is 0 Å². The van der Waals surface area contributed by atoms with E-state index in [1.807, 2.05) is 11.5 Å². The smallest absolute Gasteiger partial charge is 0.318 e. The van der Waals surface area contributed by atoms with Crippen molar-refractivity contribution in [2.24, 2.45) is 0 Å². The number of carbonyl (C=O) groups excluding carboxylic acids is 3. The topological polar surface area (TPSA) is 84.3 Å². The average molecular weight is 404 g/mol. The third-order valence-electron chi connectivity index (χ3n) is 4.86. The van der Waals surface area contributed by atoms with Crippen molar-refractivity contribution in [1.82, 2.24) is 14.9 Å². The molecule has 1 aliphatic heterocycles. The zero-order valence-corrected chi connectivity index (χ0v) is 16.2. The Morgan fingerprint density at radius 3 is 2.43 bits per heavy atom. The quantitative estimate of drug-likeness (QED) is 0.536. The van der Waals surface area contributed by atoms with Crippen LogP contribution >= 0.6 is 0 Å². The minimum atomic E-state index is -0.821. The predicted molar refractivity (Wildman–Crippen MR) is 108 cm³/mol. The van der Waals surface area contributed by atoms with Gasteiger partial charge in [0.1, 0.15) is 11.4 Å². The first-order valence-electron chi connectivity index (χ1n) is 9.13. The summed E-state index contributed by atoms with van der Waals surface area (Å²) >= 11 is 0. The fourth-order valence-electron chi connectivity index (χ4n) is 3.49. The van der Waals surface area contributed by atoms with E-state index in [0.29, 0.717) is 16.9 Å². The largest absolute Gasteiger partial charge is 0.335 e. The summed E-state index contributed by atoms with van der Waals surface area (Å²) in [6.07, 6.45) is 4.33. The van der Waals surface area contributed by atoms with Crippen LogP contribution in [0.4, 0.5) is 14.9 Å². The van der Waals surface area contributed by atoms with Crippen LogP contribution < -0.4 is 10.2 Å². The van der Waals surface area contributed by atoms with Crippen molar-refractivity contribution < 1.29 is 18.8 Å². The van der Waals surface area contributed by atoms with Crippen LogP contribution in [-0.2, 0) is 9.59 Å². The lowest BCUT2D eigenvalue weighted by molar-refractivity contribution is -0.122. The number of rotatable bonds is 3. The Balaban J connectivity index is 1.77. The molecule has 0 radical (unpaired) electrons. The molecule has 1 N–H and O–H groups in total. The molecule has 1 aromatic carbocycles. The van der Waals surface area contributed by atoms with Crippen molar-refractivity contribution >= 4 is 29.6 Å². The van der Waals surface area contributed by atoms with E-state index in [2.05, 4.69) is 10.3 Å². The molecule has 2 aromatic heterocycles. The van der Waals surface area contributed by atoms with Gasteiger partial charge in [-0.15, -0.1) is 0 Å². The Bertz CT molecular complexity index is 1210. The maximum absolute atomic E-state index is 13.7. The number of aromatic nitrogens is 2. The van der Waals surface area contributed by atoms with Crippen molar-refractivity contribution in [3.8, 4) is 5.69 Å². The molecule has 8 heteroatoms. The summed E-state index contributed by atoms with van der Waals surface area (Å²) in [5, 5.41) is 2.19. The van der Waals surface area contributed by atoms with Gasteiger partial charge in [-0.1, -0.05) is 6.07 Å². The van der Waals surface area contributed by atoms with E-state index in [1.165, 1.54) is 42.7 Å². The monoisotopic (exact) mass is 404 g/mol. The molecule has 0 spiro atoms. The normalized spacial score (nSPS) is 15.6. The number of halogens is 1. The number of carbonyl (C=O) groups is 3. The first-order valence-corrected chi connectivity index (χ1v) is 9.13. The first kappa shape index (κ1) is 19.3. The second-order valence-corrected chi connectivity index (χ2v) is 6.81. The molecule has 30 heavy (non-hydrogen) atoms. The molecule has 0 aliphatic carbocycles. The summed E-state index contributed by atoms with van der Waals surface area (Å²) < 4.78 is 15.5. The van der Waals surface area contributed by atoms with Crippen molar-refractivity contribution in [3.63, 3.8) is 0 Å². The summed E-state index contributed by atoms with van der Waals surface area (Å²) in [4.78, 5) is 42.4. The highest BCUT2D eigenvalue weighted by atomic mass is 19.1. The minimum absolute atomic E-state index is 0.175. The molecule has 0 atom stereocenters. The van der Waals surface area contributed by atoms with Gasteiger partial charge in [-0.3, -0.25) is 19.9 Å². The molecule has 0 saturated carbocycles. The van der Waals surface area contributed by atoms with Gasteiger partial charge in [-0.05, 0) is 61.9 Å². The van der Waals surface area contributed by atoms with E-state index >= 15 is 0 Å². The van der Waals surface area contributed by atoms with Gasteiger partial charge >= 0.3 is 6.03 Å². The van der Waals surface area contributed by atoms with Gasteiger partial charge < -0.3 is 4.57 Å². The van der Waals surface area contributed by atoms with Gasteiger partial charge in [0.15, 0.2) is 0 Å². The molecule has 1 aliphatic rings. The number of imide groups is 2. The number of pyridine rings is 1. The lowest BCUT2D eigenvalue weighted by Crippen LogP contribution is -2.54. The Hall–Kier alpha value is -4.07. The predicted octanol–water partition coefficient (Wildman–Crippen LogP) is 3.29. The fraction of sp³-hybridized carbons (Fsp3) is 0.0909. The molecule has 0 unspecified atom stereocenters. The Kier molecular flexibility index (Phi) is 4.75. The summed E-state index contributed by atoms with van der Waals surface area (Å²) in [6, 6.07) is 10.1. The number of barbiturate groups is 1. The van der Waals surface area contributed by atoms with Gasteiger partial charge in [0.2, 0.25) is 0 Å². The summed E-state index contributed by atoms with van der Waals surface area (Å²) in [6.45, 7) is 3.65. The third-order valence-corrected chi connectivity index (χ3v) is 4.86. The van der Waals surface area contributed by atoms with Crippen LogP contribution in [0.2, 0.25) is 0 Å². The summed E-state index contributed by atoms with van der Waals surface area (Å²) in [5.74, 6) is -1.87. The molecule has 3 aromatic rings. The molecule has 7 nitrogen and oxygen atoms in total. The average Bonchev–Trinajstić information content (AvgIpc) is 2.99. The lowest BCUT2D eigenvalue weighted by atomic mass is 10.1. The number of hydrogen-bond donors (Lipinski definition) is 1. The number of urea groups is 1. The Labute approximate surface area is 171 Å². The summed E-state index contributed by atoms with van der Waals surface area (Å²) in [5.41, 5.74) is 2.89. The maximum Gasteiger partial charge on any atom is 0.335 e. The molecule has 1 saturated heterocycles. The second-order valence-electron chi connectivity index (χ2n) is 6.81. The number of hydrogen-bond acceptors (Lipinski definition) is 4. The molecule has 4 rings (SSSR count). The fourth-order valence-corrected chi connectivity index (χ4v) is 3.49. The van der Waals surface area contributed by atoms with Crippen molar-refractivity contribution in [2.75, 3.05) is 4.90 Å². The van der Waals surface area contributed by atoms with E-state index in [9.17, 15) is 18.8 Å². The Morgan fingerprint density at radius 2 is 1.73 bits per heavy atom. The summed E-state index contributed by atoms with van der Waals surface area (Å²) in [7, 11) is 0. The van der Waals surface area contributed by atoms with Gasteiger partial charge in [-0.25, -0.2) is 14.1 Å². The molecule has 4 amide bonds. The number of benzene rings is 1. The van der Waals surface area contributed by atoms with Crippen LogP contribution in [-0.4, -0.2) is 27.4 Å². The molecule has 0 bridgehead atoms. The second kappa shape index (κ2) is 7.40. The van der Waals surface area contributed by atoms with Crippen LogP contribution in [0.3, 0.4) is 0 Å². The van der Waals surface area contributed by atoms with Gasteiger partial charge in [-0.2, -0.15) is 0 Å². The van der Waals surface area contributed by atoms with Crippen molar-refractivity contribution in [1.29, 1.82) is 0 Å². The number of nitrogens with zero attached hydrogens (tertiary/aromatic N) is 3. The number of nitrogens with one attached hydrogen (secondary N) is 1. The molecule has 1 fully saturated rings. The maximum atomic E-state index is 13.7. The van der Waals surface area contributed by atoms with Gasteiger partial charge in [0.05, 0.1) is 5.69 Å². The SMILES string of the molecule is Cc1cc(/C=C2\C(=O)NC(=O)N(c3ccncc3)C2=O)c(C)n1-c1cccc(F)c1. The van der Waals surface area contributed by atoms with Gasteiger partial charge in [0, 0.05) is 29.5 Å². The zero-order valence-electron chi connectivity index (χ0n) is 16.2. The molecule has 3 heterocycles. The highest BCUT2D eigenvalue weighted by molar-refractivity contribution is 6.39. The highest BCUT2D eigenvalue weighted by Crippen LogP contribution is 2.26. The number of aryl methyl sites for hydroxylation is 1. The molecular formula is C22H17FN4O3. The van der Waals surface area contributed by atoms with Gasteiger partial charge in [0.25, 0.3) is 11.8 Å². The minimum Gasteiger partial charge on any atom is -0.318 e. The molecule has 150 valence electrons. The number of amides is 4. The third kappa shape index (κ3) is 3.28. The highest BCUT2D eigenvalue weighted by Gasteiger charge is 2.37. The van der Waals surface area contributed by atoms with E-state index in [-0.39, 0.29) is 11.4 Å². The van der Waals surface area contributed by atoms with Crippen LogP contribution in [0, 0.1) is 19.7 Å². The first-order chi connectivity index (χ1) is 14.4. The van der Waals surface area contributed by atoms with Crippen LogP contribution in [0.15, 0.2) is 60.4 Å². The standard InChI is InChI=1S/C22H17FN4O3/c1-13-10-15(14(2)26(13)18-5-3-4-16(23)12-18)11-19-20(28)25-22(30)27(21(19)29)17-6-8-24-9-7-17/h3-12H,1-2H3,(H,25,28,30)/b19-11+. The van der Waals surface area contributed by atoms with E-state index in [1.54, 1.807) is 25.1 Å². The van der Waals surface area contributed by atoms with Crippen LogP contribution in [0.5, 0.6) is 0 Å². The molecular weight excluding hydrogens is 387 g/mol. The van der Waals surface area contributed by atoms with Crippen molar-refractivity contribution in [2.45, 2.75) is 13.8 Å². The van der Waals surface area contributed by atoms with Crippen molar-refractivity contribution in [3.05, 3.63) is 83.2 Å². The van der Waals surface area contributed by atoms with Crippen LogP contribution in [0.25, 0.3) is 11.8 Å². The number of anilines is 1. The van der Waals surface area contributed by atoms with E-state index < -0.39 is 17.8 Å². The zero-order chi connectivity index (χ0) is 21.4. The Morgan fingerprint density at radius 1 is 1.00 bits per heavy atom.